The van der Waals surface area contributed by atoms with Crippen LogP contribution in [0, 0.1) is 0 Å². The number of likely N-dealkylation sites (N-methyl/N-ethyl adjacent to an activating group) is 1. The van der Waals surface area contributed by atoms with Gasteiger partial charge in [-0.3, -0.25) is 4.79 Å². The van der Waals surface area contributed by atoms with Crippen molar-refractivity contribution in [2.45, 2.75) is 32.7 Å². The summed E-state index contributed by atoms with van der Waals surface area (Å²) >= 11 is 0. The lowest BCUT2D eigenvalue weighted by Gasteiger charge is -2.25. The fourth-order valence-electron chi connectivity index (χ4n) is 1.66. The zero-order valence-corrected chi connectivity index (χ0v) is 11.2. The number of amides is 3. The number of hydrogen-bond donors (Lipinski definition) is 4. The van der Waals surface area contributed by atoms with Gasteiger partial charge < -0.3 is 25.7 Å². The zero-order valence-electron chi connectivity index (χ0n) is 11.2. The summed E-state index contributed by atoms with van der Waals surface area (Å²) in [7, 11) is 0. The van der Waals surface area contributed by atoms with Crippen LogP contribution in [-0.4, -0.2) is 58.9 Å². The molecule has 8 heteroatoms. The van der Waals surface area contributed by atoms with Crippen LogP contribution in [0.3, 0.4) is 0 Å². The van der Waals surface area contributed by atoms with Gasteiger partial charge >= 0.3 is 12.2 Å². The normalized spacial score (nSPS) is 11.5. The molecule has 4 N–H and O–H groups in total. The minimum Gasteiger partial charge on any atom is -0.465 e. The second-order valence-electron chi connectivity index (χ2n) is 3.89. The van der Waals surface area contributed by atoms with Crippen LogP contribution in [0.15, 0.2) is 0 Å². The summed E-state index contributed by atoms with van der Waals surface area (Å²) in [6.07, 6.45) is -1.78. The van der Waals surface area contributed by atoms with Crippen LogP contribution in [0.4, 0.5) is 9.59 Å². The monoisotopic (exact) mass is 275 g/mol. The first kappa shape index (κ1) is 17.0. The molecule has 110 valence electrons. The van der Waals surface area contributed by atoms with Gasteiger partial charge in [0.2, 0.25) is 5.91 Å². The zero-order chi connectivity index (χ0) is 14.8. The summed E-state index contributed by atoms with van der Waals surface area (Å²) in [6.45, 7) is 4.80. The number of carbonyl (C=O) groups excluding carboxylic acids is 1. The van der Waals surface area contributed by atoms with Gasteiger partial charge in [0.25, 0.3) is 0 Å². The third-order valence-corrected chi connectivity index (χ3v) is 2.62. The van der Waals surface area contributed by atoms with Crippen LogP contribution in [0.25, 0.3) is 0 Å². The molecule has 0 rings (SSSR count). The highest BCUT2D eigenvalue weighted by atomic mass is 16.4. The minimum absolute atomic E-state index is 0.179. The number of nitrogens with zero attached hydrogens (tertiary/aromatic N) is 1. The molecule has 1 unspecified atom stereocenters. The standard InChI is InChI=1S/C11H21N3O5/c1-3-14(4-2)9(15)8(13-11(18)19)6-5-7-12-10(16)17/h8,12-13H,3-7H2,1-2H3,(H,16,17)(H,18,19). The largest absolute Gasteiger partial charge is 0.465 e. The van der Waals surface area contributed by atoms with E-state index < -0.39 is 18.2 Å². The first-order valence-electron chi connectivity index (χ1n) is 6.17. The molecule has 3 amide bonds. The summed E-state index contributed by atoms with van der Waals surface area (Å²) < 4.78 is 0. The average molecular weight is 275 g/mol. The highest BCUT2D eigenvalue weighted by molar-refractivity contribution is 5.85. The van der Waals surface area contributed by atoms with Gasteiger partial charge in [-0.2, -0.15) is 0 Å². The smallest absolute Gasteiger partial charge is 0.405 e. The van der Waals surface area contributed by atoms with Gasteiger partial charge in [0.1, 0.15) is 6.04 Å². The van der Waals surface area contributed by atoms with Crippen molar-refractivity contribution in [1.82, 2.24) is 15.5 Å². The second-order valence-corrected chi connectivity index (χ2v) is 3.89. The number of carbonyl (C=O) groups is 3. The summed E-state index contributed by atoms with van der Waals surface area (Å²) in [6, 6.07) is -0.840. The van der Waals surface area contributed by atoms with Crippen molar-refractivity contribution in [3.05, 3.63) is 0 Å². The predicted molar refractivity (Wildman–Crippen MR) is 68.1 cm³/mol. The van der Waals surface area contributed by atoms with Crippen LogP contribution >= 0.6 is 0 Å². The SMILES string of the molecule is CCN(CC)C(=O)C(CCCNC(=O)O)NC(=O)O. The van der Waals surface area contributed by atoms with E-state index in [9.17, 15) is 14.4 Å². The molecule has 0 radical (unpaired) electrons. The number of hydrogen-bond acceptors (Lipinski definition) is 3. The van der Waals surface area contributed by atoms with Gasteiger partial charge in [0.15, 0.2) is 0 Å². The van der Waals surface area contributed by atoms with Gasteiger partial charge in [-0.05, 0) is 26.7 Å². The van der Waals surface area contributed by atoms with Crippen LogP contribution in [0.5, 0.6) is 0 Å². The van der Waals surface area contributed by atoms with E-state index in [2.05, 4.69) is 10.6 Å². The Morgan fingerprint density at radius 2 is 1.68 bits per heavy atom. The van der Waals surface area contributed by atoms with Crippen molar-refractivity contribution in [3.63, 3.8) is 0 Å². The molecule has 0 fully saturated rings. The predicted octanol–water partition coefficient (Wildman–Crippen LogP) is 0.539. The minimum atomic E-state index is -1.27. The summed E-state index contributed by atoms with van der Waals surface area (Å²) in [5.41, 5.74) is 0. The Hall–Kier alpha value is -1.99. The van der Waals surface area contributed by atoms with Crippen LogP contribution in [-0.2, 0) is 4.79 Å². The van der Waals surface area contributed by atoms with E-state index in [1.165, 1.54) is 4.90 Å². The Morgan fingerprint density at radius 1 is 1.11 bits per heavy atom. The molecule has 0 bridgehead atoms. The van der Waals surface area contributed by atoms with Gasteiger partial charge in [0, 0.05) is 19.6 Å². The van der Waals surface area contributed by atoms with Crippen molar-refractivity contribution in [3.8, 4) is 0 Å². The lowest BCUT2D eigenvalue weighted by atomic mass is 10.1. The van der Waals surface area contributed by atoms with Gasteiger partial charge in [-0.25, -0.2) is 9.59 Å². The molecule has 8 nitrogen and oxygen atoms in total. The van der Waals surface area contributed by atoms with Crippen molar-refractivity contribution in [1.29, 1.82) is 0 Å². The maximum absolute atomic E-state index is 12.0. The van der Waals surface area contributed by atoms with Crippen molar-refractivity contribution >= 4 is 18.1 Å². The van der Waals surface area contributed by atoms with E-state index in [-0.39, 0.29) is 18.9 Å². The molecule has 0 aliphatic heterocycles. The molecule has 0 saturated carbocycles. The molecule has 0 aromatic heterocycles. The fourth-order valence-corrected chi connectivity index (χ4v) is 1.66. The van der Waals surface area contributed by atoms with E-state index in [1.807, 2.05) is 13.8 Å². The average Bonchev–Trinajstić information content (AvgIpc) is 2.33. The first-order chi connectivity index (χ1) is 8.92. The molecule has 0 aromatic carbocycles. The van der Waals surface area contributed by atoms with E-state index in [4.69, 9.17) is 10.2 Å². The molecule has 0 saturated heterocycles. The molecule has 0 aliphatic rings. The first-order valence-corrected chi connectivity index (χ1v) is 6.17. The molecular weight excluding hydrogens is 254 g/mol. The van der Waals surface area contributed by atoms with E-state index in [1.54, 1.807) is 0 Å². The van der Waals surface area contributed by atoms with Crippen LogP contribution in [0.2, 0.25) is 0 Å². The highest BCUT2D eigenvalue weighted by Gasteiger charge is 2.23. The van der Waals surface area contributed by atoms with E-state index >= 15 is 0 Å². The molecule has 0 aliphatic carbocycles. The van der Waals surface area contributed by atoms with E-state index in [0.29, 0.717) is 19.5 Å². The number of carboxylic acid groups (broad SMARTS) is 2. The fraction of sp³-hybridized carbons (Fsp3) is 0.727. The molecule has 19 heavy (non-hydrogen) atoms. The third-order valence-electron chi connectivity index (χ3n) is 2.62. The molecule has 0 spiro atoms. The quantitative estimate of drug-likeness (QED) is 0.482. The summed E-state index contributed by atoms with van der Waals surface area (Å²) in [4.78, 5) is 34.5. The Kier molecular flexibility index (Phi) is 8.07. The second kappa shape index (κ2) is 9.01. The number of rotatable bonds is 8. The lowest BCUT2D eigenvalue weighted by molar-refractivity contribution is -0.133. The van der Waals surface area contributed by atoms with Gasteiger partial charge in [0.05, 0.1) is 0 Å². The maximum atomic E-state index is 12.0. The van der Waals surface area contributed by atoms with Crippen molar-refractivity contribution < 1.29 is 24.6 Å². The Morgan fingerprint density at radius 3 is 2.11 bits per heavy atom. The molecule has 0 aromatic rings. The van der Waals surface area contributed by atoms with E-state index in [0.717, 1.165) is 0 Å². The topological polar surface area (TPSA) is 119 Å². The van der Waals surface area contributed by atoms with Gasteiger partial charge in [-0.1, -0.05) is 0 Å². The Bertz CT molecular complexity index is 317. The summed E-state index contributed by atoms with van der Waals surface area (Å²) in [5.74, 6) is -0.289. The van der Waals surface area contributed by atoms with Gasteiger partial charge in [-0.15, -0.1) is 0 Å². The lowest BCUT2D eigenvalue weighted by Crippen LogP contribution is -2.48. The maximum Gasteiger partial charge on any atom is 0.405 e. The molecule has 1 atom stereocenters. The van der Waals surface area contributed by atoms with Crippen LogP contribution < -0.4 is 10.6 Å². The van der Waals surface area contributed by atoms with Crippen LogP contribution in [0.1, 0.15) is 26.7 Å². The Balaban J connectivity index is 4.40. The molecular formula is C11H21N3O5. The Labute approximate surface area is 111 Å². The molecule has 0 heterocycles. The van der Waals surface area contributed by atoms with Crippen molar-refractivity contribution in [2.24, 2.45) is 0 Å². The highest BCUT2D eigenvalue weighted by Crippen LogP contribution is 2.03. The third kappa shape index (κ3) is 7.12. The van der Waals surface area contributed by atoms with Crippen molar-refractivity contribution in [2.75, 3.05) is 19.6 Å². The number of nitrogens with one attached hydrogen (secondary N) is 2. The summed E-state index contributed by atoms with van der Waals surface area (Å²) in [5, 5.41) is 21.4.